The molecule has 1 aromatic heterocycles. The van der Waals surface area contributed by atoms with Gasteiger partial charge in [-0.25, -0.2) is 13.4 Å². The van der Waals surface area contributed by atoms with E-state index >= 15 is 0 Å². The van der Waals surface area contributed by atoms with Crippen molar-refractivity contribution in [3.8, 4) is 0 Å². The first kappa shape index (κ1) is 17.4. The van der Waals surface area contributed by atoms with Crippen molar-refractivity contribution in [3.05, 3.63) is 23.4 Å². The van der Waals surface area contributed by atoms with Crippen LogP contribution in [0.25, 0.3) is 0 Å². The van der Waals surface area contributed by atoms with E-state index in [1.807, 2.05) is 20.8 Å². The van der Waals surface area contributed by atoms with Gasteiger partial charge in [-0.1, -0.05) is 20.8 Å². The molecular weight excluding hydrogens is 290 g/mol. The third-order valence-corrected chi connectivity index (χ3v) is 3.88. The summed E-state index contributed by atoms with van der Waals surface area (Å²) in [5.41, 5.74) is 6.70. The Hall–Kier alpha value is -1.63. The van der Waals surface area contributed by atoms with E-state index in [1.165, 1.54) is 12.3 Å². The first-order valence-electron chi connectivity index (χ1n) is 6.73. The Kier molecular flexibility index (Phi) is 5.33. The zero-order valence-electron chi connectivity index (χ0n) is 12.9. The van der Waals surface area contributed by atoms with Gasteiger partial charge in [0.25, 0.3) is 5.91 Å². The highest BCUT2D eigenvalue weighted by Crippen LogP contribution is 2.22. The number of sulfone groups is 1. The molecular formula is C14H23N3O3S. The molecule has 0 saturated carbocycles. The first-order chi connectivity index (χ1) is 9.49. The molecule has 0 spiro atoms. The topological polar surface area (TPSA) is 102 Å². The monoisotopic (exact) mass is 313 g/mol. The Bertz CT molecular complexity index is 619. The van der Waals surface area contributed by atoms with Crippen LogP contribution in [0, 0.1) is 0 Å². The second-order valence-corrected chi connectivity index (χ2v) is 8.42. The number of pyridine rings is 1. The number of carbonyl (C=O) groups excluding carboxylic acids is 1. The van der Waals surface area contributed by atoms with Crippen molar-refractivity contribution in [1.29, 1.82) is 0 Å². The van der Waals surface area contributed by atoms with Crippen LogP contribution in [0.4, 0.5) is 5.82 Å². The number of nitrogens with two attached hydrogens (primary N) is 1. The molecule has 0 radical (unpaired) electrons. The molecule has 0 fully saturated rings. The summed E-state index contributed by atoms with van der Waals surface area (Å²) in [5, 5.41) is 2.69. The predicted molar refractivity (Wildman–Crippen MR) is 84.0 cm³/mol. The quantitative estimate of drug-likeness (QED) is 0.793. The van der Waals surface area contributed by atoms with Gasteiger partial charge in [0, 0.05) is 29.5 Å². The van der Waals surface area contributed by atoms with Gasteiger partial charge in [-0.15, -0.1) is 0 Å². The zero-order valence-corrected chi connectivity index (χ0v) is 13.8. The maximum Gasteiger partial charge on any atom is 0.251 e. The largest absolute Gasteiger partial charge is 0.384 e. The van der Waals surface area contributed by atoms with Crippen molar-refractivity contribution in [2.24, 2.45) is 0 Å². The summed E-state index contributed by atoms with van der Waals surface area (Å²) in [5.74, 6) is 0.0748. The van der Waals surface area contributed by atoms with Crippen LogP contribution in [-0.2, 0) is 15.3 Å². The van der Waals surface area contributed by atoms with E-state index in [-0.39, 0.29) is 17.1 Å². The highest BCUT2D eigenvalue weighted by molar-refractivity contribution is 7.90. The molecule has 3 N–H and O–H groups in total. The average Bonchev–Trinajstić information content (AvgIpc) is 2.31. The molecule has 0 unspecified atom stereocenters. The minimum atomic E-state index is -3.00. The molecule has 0 aromatic carbocycles. The first-order valence-corrected chi connectivity index (χ1v) is 8.79. The second kappa shape index (κ2) is 6.43. The summed E-state index contributed by atoms with van der Waals surface area (Å²) in [6, 6.07) is 3.23. The van der Waals surface area contributed by atoms with Crippen LogP contribution in [-0.4, -0.2) is 37.9 Å². The van der Waals surface area contributed by atoms with Crippen LogP contribution < -0.4 is 11.1 Å². The summed E-state index contributed by atoms with van der Waals surface area (Å²) in [6.45, 7) is 6.27. The molecule has 1 amide bonds. The van der Waals surface area contributed by atoms with Crippen molar-refractivity contribution in [1.82, 2.24) is 10.3 Å². The fourth-order valence-electron chi connectivity index (χ4n) is 1.71. The number of carbonyl (C=O) groups is 1. The minimum Gasteiger partial charge on any atom is -0.384 e. The number of rotatable bonds is 5. The normalized spacial score (nSPS) is 12.2. The molecule has 21 heavy (non-hydrogen) atoms. The summed E-state index contributed by atoms with van der Waals surface area (Å²) >= 11 is 0. The molecule has 0 saturated heterocycles. The van der Waals surface area contributed by atoms with Gasteiger partial charge in [-0.05, 0) is 18.6 Å². The fourth-order valence-corrected chi connectivity index (χ4v) is 2.37. The Morgan fingerprint density at radius 3 is 2.48 bits per heavy atom. The van der Waals surface area contributed by atoms with Gasteiger partial charge in [-0.2, -0.15) is 0 Å². The van der Waals surface area contributed by atoms with Crippen LogP contribution in [0.15, 0.2) is 12.1 Å². The number of anilines is 1. The maximum atomic E-state index is 12.1. The molecule has 0 bridgehead atoms. The van der Waals surface area contributed by atoms with Crippen molar-refractivity contribution in [3.63, 3.8) is 0 Å². The number of hydrogen-bond acceptors (Lipinski definition) is 5. The lowest BCUT2D eigenvalue weighted by Gasteiger charge is -2.19. The Morgan fingerprint density at radius 2 is 1.95 bits per heavy atom. The van der Waals surface area contributed by atoms with Gasteiger partial charge in [0.15, 0.2) is 0 Å². The lowest BCUT2D eigenvalue weighted by atomic mass is 9.90. The minimum absolute atomic E-state index is 0.0546. The lowest BCUT2D eigenvalue weighted by molar-refractivity contribution is 0.0953. The smallest absolute Gasteiger partial charge is 0.251 e. The van der Waals surface area contributed by atoms with Gasteiger partial charge in [0.1, 0.15) is 15.7 Å². The number of nitrogen functional groups attached to an aromatic ring is 1. The van der Waals surface area contributed by atoms with Crippen LogP contribution in [0.1, 0.15) is 43.2 Å². The van der Waals surface area contributed by atoms with E-state index in [4.69, 9.17) is 5.73 Å². The SMILES string of the molecule is CC(C)(C)c1cc(C(=O)NCCCS(C)(=O)=O)cc(N)n1. The van der Waals surface area contributed by atoms with Crippen LogP contribution in [0.3, 0.4) is 0 Å². The van der Waals surface area contributed by atoms with Crippen LogP contribution >= 0.6 is 0 Å². The van der Waals surface area contributed by atoms with E-state index < -0.39 is 9.84 Å². The Morgan fingerprint density at radius 1 is 1.33 bits per heavy atom. The highest BCUT2D eigenvalue weighted by Gasteiger charge is 2.18. The number of nitrogens with one attached hydrogen (secondary N) is 1. The molecule has 0 aliphatic carbocycles. The maximum absolute atomic E-state index is 12.1. The Balaban J connectivity index is 2.73. The number of aromatic nitrogens is 1. The standard InChI is InChI=1S/C14H23N3O3S/c1-14(2,3)11-8-10(9-12(15)17-11)13(18)16-6-5-7-21(4,19)20/h8-9H,5-7H2,1-4H3,(H2,15,17)(H,16,18). The molecule has 1 heterocycles. The highest BCUT2D eigenvalue weighted by atomic mass is 32.2. The van der Waals surface area contributed by atoms with Gasteiger partial charge < -0.3 is 11.1 Å². The summed E-state index contributed by atoms with van der Waals surface area (Å²) in [6.07, 6.45) is 1.56. The molecule has 7 heteroatoms. The summed E-state index contributed by atoms with van der Waals surface area (Å²) in [4.78, 5) is 16.3. The number of amides is 1. The molecule has 0 atom stereocenters. The van der Waals surface area contributed by atoms with Crippen LogP contribution in [0.2, 0.25) is 0 Å². The predicted octanol–water partition coefficient (Wildman–Crippen LogP) is 1.13. The van der Waals surface area contributed by atoms with E-state index in [2.05, 4.69) is 10.3 Å². The summed E-state index contributed by atoms with van der Waals surface area (Å²) in [7, 11) is -3.00. The Labute approximate surface area is 126 Å². The third-order valence-electron chi connectivity index (χ3n) is 2.85. The second-order valence-electron chi connectivity index (χ2n) is 6.16. The molecule has 118 valence electrons. The van der Waals surface area contributed by atoms with Crippen molar-refractivity contribution in [2.45, 2.75) is 32.6 Å². The molecule has 6 nitrogen and oxygen atoms in total. The van der Waals surface area contributed by atoms with Gasteiger partial charge >= 0.3 is 0 Å². The number of hydrogen-bond donors (Lipinski definition) is 2. The van der Waals surface area contributed by atoms with Crippen molar-refractivity contribution in [2.75, 3.05) is 24.3 Å². The lowest BCUT2D eigenvalue weighted by Crippen LogP contribution is -2.27. The van der Waals surface area contributed by atoms with Crippen molar-refractivity contribution < 1.29 is 13.2 Å². The van der Waals surface area contributed by atoms with Gasteiger partial charge in [0.2, 0.25) is 0 Å². The van der Waals surface area contributed by atoms with E-state index in [9.17, 15) is 13.2 Å². The molecule has 0 aliphatic rings. The van der Waals surface area contributed by atoms with E-state index in [0.717, 1.165) is 5.69 Å². The van der Waals surface area contributed by atoms with Crippen LogP contribution in [0.5, 0.6) is 0 Å². The van der Waals surface area contributed by atoms with Gasteiger partial charge in [0.05, 0.1) is 5.75 Å². The zero-order chi connectivity index (χ0) is 16.3. The number of nitrogens with zero attached hydrogens (tertiary/aromatic N) is 1. The molecule has 1 rings (SSSR count). The van der Waals surface area contributed by atoms with Crippen molar-refractivity contribution >= 4 is 21.6 Å². The fraction of sp³-hybridized carbons (Fsp3) is 0.571. The molecule has 1 aromatic rings. The summed E-state index contributed by atoms with van der Waals surface area (Å²) < 4.78 is 22.0. The third kappa shape index (κ3) is 6.12. The van der Waals surface area contributed by atoms with E-state index in [1.54, 1.807) is 6.07 Å². The van der Waals surface area contributed by atoms with E-state index in [0.29, 0.717) is 24.3 Å². The average molecular weight is 313 g/mol. The molecule has 0 aliphatic heterocycles. The van der Waals surface area contributed by atoms with Gasteiger partial charge in [-0.3, -0.25) is 4.79 Å².